The lowest BCUT2D eigenvalue weighted by Crippen LogP contribution is -2.06. The Hall–Kier alpha value is -1.35. The lowest BCUT2D eigenvalue weighted by atomic mass is 10.1. The van der Waals surface area contributed by atoms with Gasteiger partial charge in [0.15, 0.2) is 0 Å². The van der Waals surface area contributed by atoms with Gasteiger partial charge in [-0.25, -0.2) is 0 Å². The summed E-state index contributed by atoms with van der Waals surface area (Å²) in [5, 5.41) is 0. The summed E-state index contributed by atoms with van der Waals surface area (Å²) in [6.45, 7) is 0. The van der Waals surface area contributed by atoms with Crippen LogP contribution in [0.15, 0.2) is 51.7 Å². The fraction of sp³-hybridized carbons (Fsp3) is 0.0833. The molecule has 76 valence electrons. The van der Waals surface area contributed by atoms with Crippen molar-refractivity contribution in [1.82, 2.24) is 4.98 Å². The molecule has 15 heavy (non-hydrogen) atoms. The van der Waals surface area contributed by atoms with Crippen molar-refractivity contribution in [3.8, 4) is 0 Å². The molecule has 2 nitrogen and oxygen atoms in total. The molecular weight excluding hydrogens is 254 g/mol. The number of halogens is 1. The van der Waals surface area contributed by atoms with Crippen molar-refractivity contribution < 1.29 is 0 Å². The quantitative estimate of drug-likeness (QED) is 0.888. The Morgan fingerprint density at radius 2 is 1.80 bits per heavy atom. The Morgan fingerprint density at radius 3 is 2.47 bits per heavy atom. The fourth-order valence-electron chi connectivity index (χ4n) is 1.42. The summed E-state index contributed by atoms with van der Waals surface area (Å²) >= 11 is 3.38. The maximum absolute atomic E-state index is 11.1. The van der Waals surface area contributed by atoms with Gasteiger partial charge in [0, 0.05) is 22.7 Å². The van der Waals surface area contributed by atoms with E-state index in [1.54, 1.807) is 6.07 Å². The molecule has 0 atom stereocenters. The Kier molecular flexibility index (Phi) is 3.02. The van der Waals surface area contributed by atoms with Crippen LogP contribution in [0.5, 0.6) is 0 Å². The molecule has 0 aliphatic heterocycles. The molecule has 0 amide bonds. The molecule has 0 aliphatic rings. The molecule has 1 N–H and O–H groups in total. The summed E-state index contributed by atoms with van der Waals surface area (Å²) in [4.78, 5) is 13.9. The van der Waals surface area contributed by atoms with E-state index in [2.05, 4.69) is 20.9 Å². The minimum absolute atomic E-state index is 0.0513. The first-order chi connectivity index (χ1) is 7.24. The smallest absolute Gasteiger partial charge is 0.248 e. The molecule has 2 rings (SSSR count). The van der Waals surface area contributed by atoms with Crippen LogP contribution in [0.4, 0.5) is 0 Å². The fourth-order valence-corrected chi connectivity index (χ4v) is 1.68. The van der Waals surface area contributed by atoms with Crippen molar-refractivity contribution >= 4 is 15.9 Å². The first-order valence-electron chi connectivity index (χ1n) is 4.67. The number of rotatable bonds is 2. The molecule has 2 aromatic rings. The first kappa shape index (κ1) is 10.2. The van der Waals surface area contributed by atoms with Crippen LogP contribution in [0, 0.1) is 0 Å². The second-order valence-electron chi connectivity index (χ2n) is 3.34. The summed E-state index contributed by atoms with van der Waals surface area (Å²) in [7, 11) is 0. The van der Waals surface area contributed by atoms with E-state index in [-0.39, 0.29) is 5.56 Å². The average Bonchev–Trinajstić information content (AvgIpc) is 2.22. The van der Waals surface area contributed by atoms with Crippen molar-refractivity contribution in [1.29, 1.82) is 0 Å². The highest BCUT2D eigenvalue weighted by atomic mass is 79.9. The summed E-state index contributed by atoms with van der Waals surface area (Å²) in [5.74, 6) is 0. The molecule has 1 aromatic heterocycles. The zero-order valence-electron chi connectivity index (χ0n) is 8.03. The maximum atomic E-state index is 11.1. The van der Waals surface area contributed by atoms with Gasteiger partial charge in [-0.2, -0.15) is 0 Å². The number of aromatic nitrogens is 1. The highest BCUT2D eigenvalue weighted by Gasteiger charge is 1.96. The van der Waals surface area contributed by atoms with E-state index in [0.717, 1.165) is 16.6 Å². The van der Waals surface area contributed by atoms with Crippen LogP contribution in [0.2, 0.25) is 0 Å². The third kappa shape index (κ3) is 2.80. The number of nitrogens with one attached hydrogen (secondary N) is 1. The molecule has 0 radical (unpaired) electrons. The van der Waals surface area contributed by atoms with Crippen molar-refractivity contribution in [3.05, 3.63) is 68.5 Å². The molecule has 0 saturated heterocycles. The van der Waals surface area contributed by atoms with Crippen molar-refractivity contribution in [2.24, 2.45) is 0 Å². The van der Waals surface area contributed by atoms with Gasteiger partial charge in [-0.1, -0.05) is 34.1 Å². The van der Waals surface area contributed by atoms with E-state index in [4.69, 9.17) is 0 Å². The zero-order chi connectivity index (χ0) is 10.7. The third-order valence-corrected chi connectivity index (χ3v) is 2.67. The van der Waals surface area contributed by atoms with Crippen LogP contribution in [0.25, 0.3) is 0 Å². The van der Waals surface area contributed by atoms with Crippen LogP contribution in [-0.4, -0.2) is 4.98 Å². The minimum atomic E-state index is -0.0513. The average molecular weight is 264 g/mol. The maximum Gasteiger partial charge on any atom is 0.248 e. The van der Waals surface area contributed by atoms with Gasteiger partial charge in [0.25, 0.3) is 0 Å². The Bertz CT molecular complexity index is 502. The van der Waals surface area contributed by atoms with Gasteiger partial charge in [0.1, 0.15) is 0 Å². The molecule has 0 fully saturated rings. The second kappa shape index (κ2) is 4.45. The minimum Gasteiger partial charge on any atom is -0.326 e. The van der Waals surface area contributed by atoms with E-state index >= 15 is 0 Å². The first-order valence-corrected chi connectivity index (χ1v) is 5.46. The predicted octanol–water partition coefficient (Wildman–Crippen LogP) is 2.73. The molecule has 1 aromatic carbocycles. The molecule has 0 unspecified atom stereocenters. The van der Waals surface area contributed by atoms with Gasteiger partial charge in [-0.05, 0) is 23.8 Å². The van der Waals surface area contributed by atoms with Crippen LogP contribution in [0.1, 0.15) is 11.3 Å². The Labute approximate surface area is 96.1 Å². The molecule has 0 saturated carbocycles. The number of benzene rings is 1. The van der Waals surface area contributed by atoms with Crippen molar-refractivity contribution in [3.63, 3.8) is 0 Å². The van der Waals surface area contributed by atoms with Gasteiger partial charge < -0.3 is 4.98 Å². The van der Waals surface area contributed by atoms with Crippen molar-refractivity contribution in [2.75, 3.05) is 0 Å². The standard InChI is InChI=1S/C12H10BrNO/c13-10-6-4-9(5-7-10)8-11-2-1-3-12(15)14-11/h1-7H,8H2,(H,14,15). The van der Waals surface area contributed by atoms with E-state index in [1.807, 2.05) is 30.3 Å². The SMILES string of the molecule is O=c1cccc(Cc2ccc(Br)cc2)[nH]1. The van der Waals surface area contributed by atoms with Crippen molar-refractivity contribution in [2.45, 2.75) is 6.42 Å². The third-order valence-electron chi connectivity index (χ3n) is 2.14. The highest BCUT2D eigenvalue weighted by molar-refractivity contribution is 9.10. The monoisotopic (exact) mass is 263 g/mol. The number of hydrogen-bond acceptors (Lipinski definition) is 1. The molecule has 0 aliphatic carbocycles. The molecule has 0 bridgehead atoms. The molecule has 3 heteroatoms. The second-order valence-corrected chi connectivity index (χ2v) is 4.26. The highest BCUT2D eigenvalue weighted by Crippen LogP contribution is 2.12. The van der Waals surface area contributed by atoms with E-state index < -0.39 is 0 Å². The lowest BCUT2D eigenvalue weighted by Gasteiger charge is -2.01. The molecule has 1 heterocycles. The summed E-state index contributed by atoms with van der Waals surface area (Å²) in [6, 6.07) is 13.3. The predicted molar refractivity (Wildman–Crippen MR) is 64.0 cm³/mol. The van der Waals surface area contributed by atoms with E-state index in [1.165, 1.54) is 11.6 Å². The Balaban J connectivity index is 2.22. The largest absolute Gasteiger partial charge is 0.326 e. The number of H-pyrrole nitrogens is 1. The van der Waals surface area contributed by atoms with Gasteiger partial charge >= 0.3 is 0 Å². The summed E-state index contributed by atoms with van der Waals surface area (Å²) in [6.07, 6.45) is 0.753. The molecular formula is C12H10BrNO. The van der Waals surface area contributed by atoms with Gasteiger partial charge in [-0.3, -0.25) is 4.79 Å². The van der Waals surface area contributed by atoms with E-state index in [0.29, 0.717) is 0 Å². The van der Waals surface area contributed by atoms with Crippen LogP contribution < -0.4 is 5.56 Å². The van der Waals surface area contributed by atoms with Crippen LogP contribution in [0.3, 0.4) is 0 Å². The zero-order valence-corrected chi connectivity index (χ0v) is 9.62. The molecule has 0 spiro atoms. The number of hydrogen-bond donors (Lipinski definition) is 1. The number of aromatic amines is 1. The van der Waals surface area contributed by atoms with Gasteiger partial charge in [-0.15, -0.1) is 0 Å². The Morgan fingerprint density at radius 1 is 1.07 bits per heavy atom. The lowest BCUT2D eigenvalue weighted by molar-refractivity contribution is 1.04. The summed E-state index contributed by atoms with van der Waals surface area (Å²) < 4.78 is 1.06. The van der Waals surface area contributed by atoms with Gasteiger partial charge in [0.05, 0.1) is 0 Å². The normalized spacial score (nSPS) is 10.2. The van der Waals surface area contributed by atoms with Gasteiger partial charge in [0.2, 0.25) is 5.56 Å². The number of pyridine rings is 1. The van der Waals surface area contributed by atoms with E-state index in [9.17, 15) is 4.79 Å². The van der Waals surface area contributed by atoms with Crippen LogP contribution >= 0.6 is 15.9 Å². The summed E-state index contributed by atoms with van der Waals surface area (Å²) in [5.41, 5.74) is 2.06. The van der Waals surface area contributed by atoms with Crippen LogP contribution in [-0.2, 0) is 6.42 Å². The topological polar surface area (TPSA) is 32.9 Å².